The number of hydrogen-bond acceptors (Lipinski definition) is 8. The first-order chi connectivity index (χ1) is 16.4. The Morgan fingerprint density at radius 1 is 1.21 bits per heavy atom. The van der Waals surface area contributed by atoms with Crippen molar-refractivity contribution in [1.29, 1.82) is 0 Å². The number of amides is 3. The summed E-state index contributed by atoms with van der Waals surface area (Å²) in [7, 11) is 0. The van der Waals surface area contributed by atoms with E-state index in [1.165, 1.54) is 17.9 Å². The lowest BCUT2D eigenvalue weighted by Crippen LogP contribution is -2.49. The van der Waals surface area contributed by atoms with E-state index >= 15 is 0 Å². The van der Waals surface area contributed by atoms with Gasteiger partial charge in [-0.05, 0) is 23.8 Å². The minimum atomic E-state index is -0.567. The molecule has 0 saturated carbocycles. The maximum absolute atomic E-state index is 14.9. The lowest BCUT2D eigenvalue weighted by molar-refractivity contribution is -0.122. The van der Waals surface area contributed by atoms with E-state index in [2.05, 4.69) is 20.9 Å². The first-order valence-corrected chi connectivity index (χ1v) is 11.2. The van der Waals surface area contributed by atoms with Crippen molar-refractivity contribution in [2.24, 2.45) is 10.2 Å². The molecular formula is C22H28FN7O4. The van der Waals surface area contributed by atoms with Gasteiger partial charge in [0.2, 0.25) is 11.8 Å². The average molecular weight is 474 g/mol. The lowest BCUT2D eigenvalue weighted by Gasteiger charge is -2.36. The standard InChI is InChI=1S/C22H28FN7O4/c1-15(31)24-12-18-13-30(22(33)34-18)17-2-3-20(19(23)8-17)29-6-4-28(5-7-29)14-21(32)25-9-16-10-26-27-11-16/h2-3,8,10,18H,4-7,9,11-14H2,1H3,(H,24,31)(H,25,32)/t18-/m0/s1. The number of rotatable bonds is 8. The fraction of sp³-hybridized carbons (Fsp3) is 0.500. The Morgan fingerprint density at radius 3 is 2.68 bits per heavy atom. The molecule has 0 unspecified atom stereocenters. The number of nitrogens with one attached hydrogen (secondary N) is 2. The maximum Gasteiger partial charge on any atom is 0.414 e. The number of nitrogens with zero attached hydrogens (tertiary/aromatic N) is 5. The van der Waals surface area contributed by atoms with E-state index in [1.54, 1.807) is 18.3 Å². The molecule has 34 heavy (non-hydrogen) atoms. The van der Waals surface area contributed by atoms with Crippen molar-refractivity contribution in [2.75, 3.05) is 68.7 Å². The summed E-state index contributed by atoms with van der Waals surface area (Å²) in [5.74, 6) is -0.700. The van der Waals surface area contributed by atoms with Crippen LogP contribution in [0, 0.1) is 5.82 Å². The van der Waals surface area contributed by atoms with Crippen molar-refractivity contribution >= 4 is 29.3 Å². The molecule has 2 fully saturated rings. The zero-order chi connectivity index (χ0) is 24.1. The molecule has 1 atom stereocenters. The van der Waals surface area contributed by atoms with Crippen LogP contribution in [0.5, 0.6) is 0 Å². The third-order valence-electron chi connectivity index (χ3n) is 5.88. The highest BCUT2D eigenvalue weighted by atomic mass is 19.1. The minimum absolute atomic E-state index is 0.0638. The number of hydrogen-bond donors (Lipinski definition) is 2. The summed E-state index contributed by atoms with van der Waals surface area (Å²) < 4.78 is 20.2. The molecule has 4 rings (SSSR count). The second-order valence-electron chi connectivity index (χ2n) is 8.43. The highest BCUT2D eigenvalue weighted by molar-refractivity contribution is 5.90. The molecule has 0 bridgehead atoms. The molecule has 3 amide bonds. The van der Waals surface area contributed by atoms with Crippen molar-refractivity contribution in [1.82, 2.24) is 15.5 Å². The van der Waals surface area contributed by atoms with E-state index in [1.807, 2.05) is 9.80 Å². The predicted molar refractivity (Wildman–Crippen MR) is 122 cm³/mol. The molecule has 3 heterocycles. The van der Waals surface area contributed by atoms with Gasteiger partial charge in [-0.15, -0.1) is 0 Å². The molecule has 12 heteroatoms. The maximum atomic E-state index is 14.9. The largest absolute Gasteiger partial charge is 0.442 e. The minimum Gasteiger partial charge on any atom is -0.442 e. The first-order valence-electron chi connectivity index (χ1n) is 11.2. The fourth-order valence-corrected chi connectivity index (χ4v) is 4.03. The van der Waals surface area contributed by atoms with Crippen LogP contribution in [0.15, 0.2) is 40.2 Å². The predicted octanol–water partition coefficient (Wildman–Crippen LogP) is 0.875. The summed E-state index contributed by atoms with van der Waals surface area (Å²) in [6, 6.07) is 4.68. The number of anilines is 2. The summed E-state index contributed by atoms with van der Waals surface area (Å²) >= 11 is 0. The monoisotopic (exact) mass is 473 g/mol. The lowest BCUT2D eigenvalue weighted by atomic mass is 10.2. The quantitative estimate of drug-likeness (QED) is 0.579. The Balaban J connectivity index is 1.26. The molecule has 11 nitrogen and oxygen atoms in total. The summed E-state index contributed by atoms with van der Waals surface area (Å²) in [5, 5.41) is 13.1. The molecule has 0 aromatic heterocycles. The molecule has 182 valence electrons. The molecule has 1 aromatic carbocycles. The van der Waals surface area contributed by atoms with Gasteiger partial charge in [0.25, 0.3) is 0 Å². The Labute approximate surface area is 196 Å². The number of cyclic esters (lactones) is 1. The van der Waals surface area contributed by atoms with Crippen molar-refractivity contribution in [3.63, 3.8) is 0 Å². The van der Waals surface area contributed by atoms with Crippen LogP contribution >= 0.6 is 0 Å². The number of piperazine rings is 1. The van der Waals surface area contributed by atoms with E-state index in [9.17, 15) is 18.8 Å². The van der Waals surface area contributed by atoms with E-state index in [-0.39, 0.29) is 31.4 Å². The molecule has 1 aromatic rings. The number of ether oxygens (including phenoxy) is 1. The highest BCUT2D eigenvalue weighted by Crippen LogP contribution is 2.28. The molecule has 0 spiro atoms. The van der Waals surface area contributed by atoms with Crippen molar-refractivity contribution in [3.05, 3.63) is 35.8 Å². The van der Waals surface area contributed by atoms with Crippen LogP contribution < -0.4 is 20.4 Å². The van der Waals surface area contributed by atoms with E-state index < -0.39 is 18.0 Å². The number of carbonyl (C=O) groups excluding carboxylic acids is 3. The van der Waals surface area contributed by atoms with Crippen LogP contribution in [-0.2, 0) is 14.3 Å². The second-order valence-corrected chi connectivity index (χ2v) is 8.43. The second kappa shape index (κ2) is 10.6. The zero-order valence-corrected chi connectivity index (χ0v) is 19.0. The molecular weight excluding hydrogens is 445 g/mol. The van der Waals surface area contributed by atoms with E-state index in [4.69, 9.17) is 4.74 Å². The van der Waals surface area contributed by atoms with Crippen molar-refractivity contribution in [2.45, 2.75) is 13.0 Å². The number of benzene rings is 1. The van der Waals surface area contributed by atoms with Crippen molar-refractivity contribution in [3.8, 4) is 0 Å². The van der Waals surface area contributed by atoms with Gasteiger partial charge in [0.05, 0.1) is 43.8 Å². The SMILES string of the molecule is CC(=O)NC[C@H]1CN(c2ccc(N3CCN(CC(=O)NCC4=CN=NC4)CC3)c(F)c2)C(=O)O1. The summed E-state index contributed by atoms with van der Waals surface area (Å²) in [4.78, 5) is 40.8. The molecule has 0 radical (unpaired) electrons. The summed E-state index contributed by atoms with van der Waals surface area (Å²) in [6.07, 6.45) is 0.613. The van der Waals surface area contributed by atoms with Crippen LogP contribution in [0.4, 0.5) is 20.6 Å². The highest BCUT2D eigenvalue weighted by Gasteiger charge is 2.33. The van der Waals surface area contributed by atoms with Gasteiger partial charge in [-0.1, -0.05) is 0 Å². The normalized spacial score (nSPS) is 20.4. The van der Waals surface area contributed by atoms with E-state index in [0.29, 0.717) is 50.6 Å². The molecule has 3 aliphatic heterocycles. The van der Waals surface area contributed by atoms with Gasteiger partial charge in [-0.3, -0.25) is 19.4 Å². The van der Waals surface area contributed by atoms with Gasteiger partial charge in [0.1, 0.15) is 11.9 Å². The average Bonchev–Trinajstić information content (AvgIpc) is 3.46. The summed E-state index contributed by atoms with van der Waals surface area (Å²) in [5.41, 5.74) is 1.84. The third kappa shape index (κ3) is 5.87. The molecule has 0 aliphatic carbocycles. The van der Waals surface area contributed by atoms with Crippen LogP contribution in [0.25, 0.3) is 0 Å². The number of halogens is 1. The van der Waals surface area contributed by atoms with E-state index in [0.717, 1.165) is 5.57 Å². The van der Waals surface area contributed by atoms with Crippen LogP contribution in [0.2, 0.25) is 0 Å². The topological polar surface area (TPSA) is 119 Å². The van der Waals surface area contributed by atoms with Gasteiger partial charge in [-0.2, -0.15) is 10.2 Å². The molecule has 2 N–H and O–H groups in total. The van der Waals surface area contributed by atoms with Gasteiger partial charge in [-0.25, -0.2) is 9.18 Å². The number of carbonyl (C=O) groups is 3. The Morgan fingerprint density at radius 2 is 2.00 bits per heavy atom. The Kier molecular flexibility index (Phi) is 7.36. The fourth-order valence-electron chi connectivity index (χ4n) is 4.03. The van der Waals surface area contributed by atoms with Crippen LogP contribution in [0.3, 0.4) is 0 Å². The van der Waals surface area contributed by atoms with Crippen LogP contribution in [-0.4, -0.2) is 87.8 Å². The Hall–Kier alpha value is -3.54. The first kappa shape index (κ1) is 23.6. The molecule has 3 aliphatic rings. The van der Waals surface area contributed by atoms with Gasteiger partial charge in [0.15, 0.2) is 0 Å². The van der Waals surface area contributed by atoms with Gasteiger partial charge >= 0.3 is 6.09 Å². The van der Waals surface area contributed by atoms with Crippen molar-refractivity contribution < 1.29 is 23.5 Å². The summed E-state index contributed by atoms with van der Waals surface area (Å²) in [6.45, 7) is 5.52. The third-order valence-corrected chi connectivity index (χ3v) is 5.88. The molecule has 2 saturated heterocycles. The smallest absolute Gasteiger partial charge is 0.414 e. The zero-order valence-electron chi connectivity index (χ0n) is 19.0. The van der Waals surface area contributed by atoms with Gasteiger partial charge < -0.3 is 20.3 Å². The van der Waals surface area contributed by atoms with Gasteiger partial charge in [0, 0.05) is 39.6 Å². The number of azo groups is 1. The Bertz CT molecular complexity index is 1010. The van der Waals surface area contributed by atoms with Crippen LogP contribution in [0.1, 0.15) is 6.92 Å².